The van der Waals surface area contributed by atoms with Gasteiger partial charge in [0.05, 0.1) is 27.9 Å². The summed E-state index contributed by atoms with van der Waals surface area (Å²) in [7, 11) is 0. The molecule has 3 heterocycles. The summed E-state index contributed by atoms with van der Waals surface area (Å²) >= 11 is 3.14. The molecule has 7 heteroatoms. The zero-order chi connectivity index (χ0) is 24.6. The van der Waals surface area contributed by atoms with E-state index in [0.717, 1.165) is 44.4 Å². The fraction of sp³-hybridized carbons (Fsp3) is 0.138. The Hall–Kier alpha value is -3.68. The molecule has 0 saturated carbocycles. The van der Waals surface area contributed by atoms with Gasteiger partial charge in [-0.2, -0.15) is 0 Å². The van der Waals surface area contributed by atoms with Crippen molar-refractivity contribution in [2.24, 2.45) is 0 Å². The zero-order valence-electron chi connectivity index (χ0n) is 20.0. The third kappa shape index (κ3) is 4.04. The monoisotopic (exact) mass is 508 g/mol. The number of thiophene rings is 1. The lowest BCUT2D eigenvalue weighted by Crippen LogP contribution is -2.21. The average Bonchev–Trinajstić information content (AvgIpc) is 3.40. The molecule has 0 fully saturated rings. The number of benzene rings is 3. The van der Waals surface area contributed by atoms with Gasteiger partial charge in [0, 0.05) is 11.4 Å². The van der Waals surface area contributed by atoms with Gasteiger partial charge in [-0.25, -0.2) is 9.97 Å². The molecular formula is C29H24N4OS2. The van der Waals surface area contributed by atoms with Crippen molar-refractivity contribution in [1.82, 2.24) is 19.1 Å². The maximum Gasteiger partial charge on any atom is 0.267 e. The summed E-state index contributed by atoms with van der Waals surface area (Å²) in [6.45, 7) is 4.79. The van der Waals surface area contributed by atoms with E-state index in [9.17, 15) is 4.79 Å². The van der Waals surface area contributed by atoms with Crippen molar-refractivity contribution in [3.05, 3.63) is 117 Å². The summed E-state index contributed by atoms with van der Waals surface area (Å²) in [6.07, 6.45) is 0. The van der Waals surface area contributed by atoms with Gasteiger partial charge in [0.2, 0.25) is 0 Å². The van der Waals surface area contributed by atoms with E-state index >= 15 is 0 Å². The molecule has 5 nitrogen and oxygen atoms in total. The summed E-state index contributed by atoms with van der Waals surface area (Å²) in [5, 5.41) is 1.39. The van der Waals surface area contributed by atoms with Crippen LogP contribution in [-0.2, 0) is 12.3 Å². The molecule has 0 aliphatic carbocycles. The van der Waals surface area contributed by atoms with Crippen LogP contribution in [0.3, 0.4) is 0 Å². The fourth-order valence-corrected chi connectivity index (χ4v) is 6.51. The quantitative estimate of drug-likeness (QED) is 0.184. The summed E-state index contributed by atoms with van der Waals surface area (Å²) in [4.78, 5) is 25.6. The van der Waals surface area contributed by atoms with Crippen LogP contribution in [0.5, 0.6) is 0 Å². The first-order valence-electron chi connectivity index (χ1n) is 11.8. The van der Waals surface area contributed by atoms with Crippen LogP contribution in [0.25, 0.3) is 26.9 Å². The lowest BCUT2D eigenvalue weighted by atomic mass is 10.2. The highest BCUT2D eigenvalue weighted by Gasteiger charge is 2.19. The van der Waals surface area contributed by atoms with E-state index in [-0.39, 0.29) is 5.56 Å². The Morgan fingerprint density at radius 1 is 0.861 bits per heavy atom. The predicted molar refractivity (Wildman–Crippen MR) is 150 cm³/mol. The molecule has 36 heavy (non-hydrogen) atoms. The van der Waals surface area contributed by atoms with Crippen LogP contribution in [0.1, 0.15) is 21.8 Å². The van der Waals surface area contributed by atoms with E-state index in [0.29, 0.717) is 16.3 Å². The Kier molecular flexibility index (Phi) is 5.95. The van der Waals surface area contributed by atoms with Crippen molar-refractivity contribution in [3.8, 4) is 5.69 Å². The molecule has 0 unspecified atom stereocenters. The molecule has 6 rings (SSSR count). The van der Waals surface area contributed by atoms with Crippen molar-refractivity contribution >= 4 is 44.3 Å². The Balaban J connectivity index is 1.45. The molecule has 3 aromatic carbocycles. The highest BCUT2D eigenvalue weighted by molar-refractivity contribution is 7.98. The van der Waals surface area contributed by atoms with E-state index in [1.807, 2.05) is 68.4 Å². The van der Waals surface area contributed by atoms with Crippen LogP contribution in [0.4, 0.5) is 0 Å². The van der Waals surface area contributed by atoms with E-state index in [4.69, 9.17) is 9.97 Å². The largest absolute Gasteiger partial charge is 0.323 e. The molecule has 6 aromatic rings. The molecule has 0 aliphatic rings. The van der Waals surface area contributed by atoms with Gasteiger partial charge in [-0.3, -0.25) is 9.36 Å². The number of rotatable bonds is 6. The minimum Gasteiger partial charge on any atom is -0.323 e. The lowest BCUT2D eigenvalue weighted by Gasteiger charge is -2.13. The van der Waals surface area contributed by atoms with Gasteiger partial charge < -0.3 is 4.57 Å². The topological polar surface area (TPSA) is 52.7 Å². The Bertz CT molecular complexity index is 1750. The molecule has 0 spiro atoms. The zero-order valence-corrected chi connectivity index (χ0v) is 21.6. The van der Waals surface area contributed by atoms with E-state index in [1.165, 1.54) is 5.56 Å². The number of aromatic nitrogens is 4. The number of fused-ring (bicyclic) bond motifs is 2. The number of hydrogen-bond acceptors (Lipinski definition) is 5. The molecular weight excluding hydrogens is 484 g/mol. The highest BCUT2D eigenvalue weighted by Crippen LogP contribution is 2.31. The minimum absolute atomic E-state index is 0.0201. The standard InChI is InChI=1S/C29H24N4OS2/c1-19-20(2)36-27-26(19)28(34)33(22-13-7-4-8-14-22)29(31-27)35-18-25-30-23-15-9-10-16-24(23)32(25)17-21-11-5-3-6-12-21/h3-16H,17-18H2,1-2H3. The van der Waals surface area contributed by atoms with E-state index < -0.39 is 0 Å². The van der Waals surface area contributed by atoms with Gasteiger partial charge in [0.15, 0.2) is 5.16 Å². The maximum atomic E-state index is 13.7. The van der Waals surface area contributed by atoms with Gasteiger partial charge in [-0.15, -0.1) is 11.3 Å². The van der Waals surface area contributed by atoms with Crippen molar-refractivity contribution in [1.29, 1.82) is 0 Å². The van der Waals surface area contributed by atoms with Crippen molar-refractivity contribution in [2.75, 3.05) is 0 Å². The number of hydrogen-bond donors (Lipinski definition) is 0. The van der Waals surface area contributed by atoms with Crippen molar-refractivity contribution in [2.45, 2.75) is 31.3 Å². The Labute approximate surface area is 217 Å². The third-order valence-corrected chi connectivity index (χ3v) is 8.47. The Morgan fingerprint density at radius 2 is 1.56 bits per heavy atom. The molecule has 0 amide bonds. The van der Waals surface area contributed by atoms with Crippen LogP contribution in [0, 0.1) is 13.8 Å². The first-order valence-corrected chi connectivity index (χ1v) is 13.6. The first-order chi connectivity index (χ1) is 17.6. The van der Waals surface area contributed by atoms with E-state index in [1.54, 1.807) is 27.7 Å². The van der Waals surface area contributed by atoms with Crippen LogP contribution in [0.15, 0.2) is 94.9 Å². The molecule has 0 bridgehead atoms. The van der Waals surface area contributed by atoms with Gasteiger partial charge in [-0.05, 0) is 49.2 Å². The Morgan fingerprint density at radius 3 is 2.33 bits per heavy atom. The second kappa shape index (κ2) is 9.41. The average molecular weight is 509 g/mol. The predicted octanol–water partition coefficient (Wildman–Crippen LogP) is 6.75. The van der Waals surface area contributed by atoms with Gasteiger partial charge >= 0.3 is 0 Å². The molecule has 0 N–H and O–H groups in total. The second-order valence-corrected chi connectivity index (χ2v) is 10.9. The van der Waals surface area contributed by atoms with Gasteiger partial charge in [0.25, 0.3) is 5.56 Å². The number of aryl methyl sites for hydroxylation is 2. The SMILES string of the molecule is Cc1sc2nc(SCc3nc4ccccc4n3Cc3ccccc3)n(-c3ccccc3)c(=O)c2c1C. The van der Waals surface area contributed by atoms with Crippen molar-refractivity contribution in [3.63, 3.8) is 0 Å². The van der Waals surface area contributed by atoms with Crippen LogP contribution in [0.2, 0.25) is 0 Å². The number of imidazole rings is 1. The minimum atomic E-state index is -0.0201. The van der Waals surface area contributed by atoms with E-state index in [2.05, 4.69) is 34.9 Å². The van der Waals surface area contributed by atoms with Crippen LogP contribution >= 0.6 is 23.1 Å². The molecule has 0 atom stereocenters. The lowest BCUT2D eigenvalue weighted by molar-refractivity contribution is 0.776. The second-order valence-electron chi connectivity index (χ2n) is 8.71. The van der Waals surface area contributed by atoms with Crippen molar-refractivity contribution < 1.29 is 0 Å². The number of para-hydroxylation sites is 3. The highest BCUT2D eigenvalue weighted by atomic mass is 32.2. The van der Waals surface area contributed by atoms with Crippen LogP contribution < -0.4 is 5.56 Å². The third-order valence-electron chi connectivity index (χ3n) is 6.43. The normalized spacial score (nSPS) is 11.5. The summed E-state index contributed by atoms with van der Waals surface area (Å²) in [6, 6.07) is 28.4. The van der Waals surface area contributed by atoms with Gasteiger partial charge in [0.1, 0.15) is 10.7 Å². The van der Waals surface area contributed by atoms with Crippen LogP contribution in [-0.4, -0.2) is 19.1 Å². The summed E-state index contributed by atoms with van der Waals surface area (Å²) in [5.74, 6) is 1.55. The molecule has 0 saturated heterocycles. The molecule has 0 aliphatic heterocycles. The number of nitrogens with zero attached hydrogens (tertiary/aromatic N) is 4. The summed E-state index contributed by atoms with van der Waals surface area (Å²) < 4.78 is 4.01. The summed E-state index contributed by atoms with van der Waals surface area (Å²) in [5.41, 5.74) is 5.10. The molecule has 3 aromatic heterocycles. The molecule has 178 valence electrons. The fourth-order valence-electron chi connectivity index (χ4n) is 4.48. The smallest absolute Gasteiger partial charge is 0.267 e. The first kappa shape index (κ1) is 22.8. The molecule has 0 radical (unpaired) electrons. The van der Waals surface area contributed by atoms with Gasteiger partial charge in [-0.1, -0.05) is 72.4 Å². The maximum absolute atomic E-state index is 13.7. The number of thioether (sulfide) groups is 1.